The maximum absolute atomic E-state index is 11.8. The number of rotatable bonds is 3. The Morgan fingerprint density at radius 2 is 2.39 bits per heavy atom. The van der Waals surface area contributed by atoms with Crippen molar-refractivity contribution in [1.29, 1.82) is 0 Å². The van der Waals surface area contributed by atoms with Crippen molar-refractivity contribution in [2.45, 2.75) is 19.8 Å². The van der Waals surface area contributed by atoms with E-state index in [-0.39, 0.29) is 5.91 Å². The van der Waals surface area contributed by atoms with E-state index in [1.807, 2.05) is 6.21 Å². The molecule has 0 saturated heterocycles. The van der Waals surface area contributed by atoms with Crippen LogP contribution in [0.5, 0.6) is 0 Å². The number of carbonyl (C=O) groups excluding carboxylic acids is 1. The van der Waals surface area contributed by atoms with E-state index in [9.17, 15) is 4.79 Å². The molecule has 3 atom stereocenters. The first kappa shape index (κ1) is 11.3. The largest absolute Gasteiger partial charge is 0.469 e. The van der Waals surface area contributed by atoms with Gasteiger partial charge in [-0.15, -0.1) is 0 Å². The van der Waals surface area contributed by atoms with E-state index in [2.05, 4.69) is 22.7 Å². The van der Waals surface area contributed by atoms with Gasteiger partial charge < -0.3 is 4.42 Å². The molecule has 4 nitrogen and oxygen atoms in total. The topological polar surface area (TPSA) is 54.6 Å². The standard InChI is InChI=1S/C14H16N2O2/c1-9-13(4-5-18-9)14(17)16-15-8-12-7-10-2-3-11(12)6-10/h2-5,8,10-12H,6-7H2,1H3,(H,16,17). The SMILES string of the molecule is Cc1occc1C(=O)NN=CC1CC2C=CC1C2. The number of hydrogen-bond donors (Lipinski definition) is 1. The lowest BCUT2D eigenvalue weighted by atomic mass is 9.95. The summed E-state index contributed by atoms with van der Waals surface area (Å²) >= 11 is 0. The number of amides is 1. The van der Waals surface area contributed by atoms with E-state index >= 15 is 0 Å². The molecule has 3 rings (SSSR count). The number of nitrogens with zero attached hydrogens (tertiary/aromatic N) is 1. The van der Waals surface area contributed by atoms with Crippen molar-refractivity contribution in [1.82, 2.24) is 5.43 Å². The first-order valence-electron chi connectivity index (χ1n) is 6.30. The van der Waals surface area contributed by atoms with Crippen LogP contribution >= 0.6 is 0 Å². The number of fused-ring (bicyclic) bond motifs is 2. The minimum atomic E-state index is -0.212. The first-order valence-corrected chi connectivity index (χ1v) is 6.30. The van der Waals surface area contributed by atoms with Crippen LogP contribution in [0, 0.1) is 24.7 Å². The van der Waals surface area contributed by atoms with E-state index in [0.717, 1.165) is 12.3 Å². The van der Waals surface area contributed by atoms with Gasteiger partial charge in [0.15, 0.2) is 0 Å². The summed E-state index contributed by atoms with van der Waals surface area (Å²) in [7, 11) is 0. The third kappa shape index (κ3) is 1.98. The van der Waals surface area contributed by atoms with Gasteiger partial charge in [-0.3, -0.25) is 4.79 Å². The summed E-state index contributed by atoms with van der Waals surface area (Å²) < 4.78 is 5.08. The molecule has 0 aromatic carbocycles. The zero-order chi connectivity index (χ0) is 12.5. The number of hydrazone groups is 1. The quantitative estimate of drug-likeness (QED) is 0.504. The molecule has 1 N–H and O–H groups in total. The molecule has 1 fully saturated rings. The molecular weight excluding hydrogens is 228 g/mol. The summed E-state index contributed by atoms with van der Waals surface area (Å²) in [4.78, 5) is 11.8. The highest BCUT2D eigenvalue weighted by Crippen LogP contribution is 2.42. The number of allylic oxidation sites excluding steroid dienone is 2. The van der Waals surface area contributed by atoms with E-state index in [0.29, 0.717) is 23.2 Å². The molecule has 2 aliphatic carbocycles. The molecule has 3 unspecified atom stereocenters. The molecule has 2 aliphatic rings. The van der Waals surface area contributed by atoms with Crippen LogP contribution in [0.25, 0.3) is 0 Å². The summed E-state index contributed by atoms with van der Waals surface area (Å²) in [6.45, 7) is 1.76. The predicted molar refractivity (Wildman–Crippen MR) is 68.2 cm³/mol. The molecule has 1 aromatic rings. The number of furan rings is 1. The van der Waals surface area contributed by atoms with Crippen molar-refractivity contribution in [2.24, 2.45) is 22.9 Å². The van der Waals surface area contributed by atoms with Gasteiger partial charge in [-0.25, -0.2) is 5.43 Å². The third-order valence-electron chi connectivity index (χ3n) is 3.87. The van der Waals surface area contributed by atoms with Crippen molar-refractivity contribution >= 4 is 12.1 Å². The Hall–Kier alpha value is -1.84. The summed E-state index contributed by atoms with van der Waals surface area (Å²) in [6, 6.07) is 1.65. The van der Waals surface area contributed by atoms with Crippen LogP contribution in [-0.4, -0.2) is 12.1 Å². The Morgan fingerprint density at radius 3 is 3.00 bits per heavy atom. The van der Waals surface area contributed by atoms with Crippen molar-refractivity contribution in [3.63, 3.8) is 0 Å². The second-order valence-electron chi connectivity index (χ2n) is 5.05. The maximum atomic E-state index is 11.8. The molecule has 18 heavy (non-hydrogen) atoms. The maximum Gasteiger partial charge on any atom is 0.274 e. The Balaban J connectivity index is 1.57. The van der Waals surface area contributed by atoms with Crippen molar-refractivity contribution < 1.29 is 9.21 Å². The Kier molecular flexibility index (Phi) is 2.78. The van der Waals surface area contributed by atoms with Gasteiger partial charge in [0.2, 0.25) is 0 Å². The average molecular weight is 244 g/mol. The molecular formula is C14H16N2O2. The number of nitrogens with one attached hydrogen (secondary N) is 1. The van der Waals surface area contributed by atoms with Gasteiger partial charge in [0.05, 0.1) is 11.8 Å². The van der Waals surface area contributed by atoms with Crippen LogP contribution < -0.4 is 5.43 Å². The lowest BCUT2D eigenvalue weighted by Crippen LogP contribution is -2.19. The molecule has 1 aromatic heterocycles. The van der Waals surface area contributed by atoms with Crippen LogP contribution in [-0.2, 0) is 0 Å². The highest BCUT2D eigenvalue weighted by Gasteiger charge is 2.34. The van der Waals surface area contributed by atoms with Crippen LogP contribution in [0.2, 0.25) is 0 Å². The lowest BCUT2D eigenvalue weighted by Gasteiger charge is -2.11. The lowest BCUT2D eigenvalue weighted by molar-refractivity contribution is 0.0953. The summed E-state index contributed by atoms with van der Waals surface area (Å²) in [6.07, 6.45) is 10.3. The van der Waals surface area contributed by atoms with E-state index in [1.165, 1.54) is 12.7 Å². The minimum absolute atomic E-state index is 0.212. The van der Waals surface area contributed by atoms with Gasteiger partial charge in [-0.1, -0.05) is 12.2 Å². The van der Waals surface area contributed by atoms with Gasteiger partial charge in [-0.05, 0) is 37.7 Å². The van der Waals surface area contributed by atoms with Crippen LogP contribution in [0.4, 0.5) is 0 Å². The van der Waals surface area contributed by atoms with E-state index in [4.69, 9.17) is 4.42 Å². The Morgan fingerprint density at radius 1 is 1.50 bits per heavy atom. The second kappa shape index (κ2) is 4.44. The molecule has 4 heteroatoms. The highest BCUT2D eigenvalue weighted by atomic mass is 16.3. The van der Waals surface area contributed by atoms with Crippen LogP contribution in [0.15, 0.2) is 34.0 Å². The molecule has 0 radical (unpaired) electrons. The predicted octanol–water partition coefficient (Wildman–Crippen LogP) is 2.52. The molecule has 1 saturated carbocycles. The van der Waals surface area contributed by atoms with Gasteiger partial charge in [0.25, 0.3) is 5.91 Å². The van der Waals surface area contributed by atoms with Crippen molar-refractivity contribution in [2.75, 3.05) is 0 Å². The first-order chi connectivity index (χ1) is 8.74. The zero-order valence-corrected chi connectivity index (χ0v) is 10.3. The van der Waals surface area contributed by atoms with E-state index in [1.54, 1.807) is 13.0 Å². The Bertz CT molecular complexity index is 516. The van der Waals surface area contributed by atoms with Crippen molar-refractivity contribution in [3.05, 3.63) is 35.8 Å². The van der Waals surface area contributed by atoms with Gasteiger partial charge in [0.1, 0.15) is 5.76 Å². The van der Waals surface area contributed by atoms with Gasteiger partial charge in [-0.2, -0.15) is 5.10 Å². The minimum Gasteiger partial charge on any atom is -0.469 e. The van der Waals surface area contributed by atoms with Crippen molar-refractivity contribution in [3.8, 4) is 0 Å². The van der Waals surface area contributed by atoms with Crippen LogP contribution in [0.3, 0.4) is 0 Å². The second-order valence-corrected chi connectivity index (χ2v) is 5.05. The molecule has 1 heterocycles. The average Bonchev–Trinajstić information content (AvgIpc) is 3.04. The smallest absolute Gasteiger partial charge is 0.274 e. The summed E-state index contributed by atoms with van der Waals surface area (Å²) in [5.74, 6) is 2.22. The molecule has 2 bridgehead atoms. The zero-order valence-electron chi connectivity index (χ0n) is 10.3. The fourth-order valence-electron chi connectivity index (χ4n) is 2.87. The van der Waals surface area contributed by atoms with E-state index < -0.39 is 0 Å². The number of carbonyl (C=O) groups is 1. The summed E-state index contributed by atoms with van der Waals surface area (Å²) in [5.41, 5.74) is 3.10. The molecule has 1 amide bonds. The molecule has 0 spiro atoms. The monoisotopic (exact) mass is 244 g/mol. The molecule has 94 valence electrons. The fraction of sp³-hybridized carbons (Fsp3) is 0.429. The highest BCUT2D eigenvalue weighted by molar-refractivity contribution is 5.95. The van der Waals surface area contributed by atoms with Gasteiger partial charge in [0, 0.05) is 12.1 Å². The van der Waals surface area contributed by atoms with Gasteiger partial charge >= 0.3 is 0 Å². The number of aryl methyl sites for hydroxylation is 1. The normalized spacial score (nSPS) is 29.3. The summed E-state index contributed by atoms with van der Waals surface area (Å²) in [5, 5.41) is 4.07. The van der Waals surface area contributed by atoms with Crippen LogP contribution in [0.1, 0.15) is 29.0 Å². The fourth-order valence-corrected chi connectivity index (χ4v) is 2.87. The number of hydrogen-bond acceptors (Lipinski definition) is 3. The third-order valence-corrected chi connectivity index (χ3v) is 3.87. The molecule has 0 aliphatic heterocycles. The Labute approximate surface area is 106 Å².